The fourth-order valence-corrected chi connectivity index (χ4v) is 2.45. The minimum absolute atomic E-state index is 0.101. The van der Waals surface area contributed by atoms with E-state index in [4.69, 9.17) is 0 Å². The average Bonchev–Trinajstić information content (AvgIpc) is 2.45. The largest absolute Gasteiger partial charge is 0.355 e. The minimum atomic E-state index is 0.101. The van der Waals surface area contributed by atoms with Crippen molar-refractivity contribution in [1.29, 1.82) is 0 Å². The summed E-state index contributed by atoms with van der Waals surface area (Å²) in [6.45, 7) is 3.02. The van der Waals surface area contributed by atoms with E-state index in [-0.39, 0.29) is 5.91 Å². The summed E-state index contributed by atoms with van der Waals surface area (Å²) in [5.41, 5.74) is 0. The molecule has 0 aliphatic carbocycles. The number of nitrogens with zero attached hydrogens (tertiary/aromatic N) is 1. The third-order valence-corrected chi connectivity index (χ3v) is 3.79. The van der Waals surface area contributed by atoms with E-state index in [0.29, 0.717) is 5.75 Å². The van der Waals surface area contributed by atoms with E-state index in [1.807, 2.05) is 18.2 Å². The molecule has 0 atom stereocenters. The molecule has 1 heterocycles. The number of carbonyl (C=O) groups is 1. The van der Waals surface area contributed by atoms with E-state index in [1.54, 1.807) is 6.20 Å². The van der Waals surface area contributed by atoms with Gasteiger partial charge in [-0.1, -0.05) is 56.9 Å². The number of hydrogen-bond donors (Lipinski definition) is 1. The molecule has 1 N–H and O–H groups in total. The van der Waals surface area contributed by atoms with Crippen LogP contribution >= 0.6 is 11.8 Å². The Morgan fingerprint density at radius 2 is 2.00 bits per heavy atom. The quantitative estimate of drug-likeness (QED) is 0.525. The first-order valence-corrected chi connectivity index (χ1v) is 8.12. The maximum atomic E-state index is 11.6. The van der Waals surface area contributed by atoms with Crippen molar-refractivity contribution in [2.45, 2.75) is 50.5 Å². The summed E-state index contributed by atoms with van der Waals surface area (Å²) in [7, 11) is 0. The van der Waals surface area contributed by atoms with Gasteiger partial charge in [-0.2, -0.15) is 0 Å². The average molecular weight is 280 g/mol. The molecule has 106 valence electrons. The molecular formula is C15H24N2OS. The molecule has 4 heteroatoms. The van der Waals surface area contributed by atoms with Crippen LogP contribution in [0.3, 0.4) is 0 Å². The van der Waals surface area contributed by atoms with Crippen molar-refractivity contribution in [2.75, 3.05) is 12.3 Å². The Hall–Kier alpha value is -1.03. The van der Waals surface area contributed by atoms with Gasteiger partial charge in [0.1, 0.15) is 0 Å². The summed E-state index contributed by atoms with van der Waals surface area (Å²) in [5.74, 6) is 0.552. The first-order valence-electron chi connectivity index (χ1n) is 7.13. The number of pyridine rings is 1. The van der Waals surface area contributed by atoms with E-state index < -0.39 is 0 Å². The zero-order valence-corrected chi connectivity index (χ0v) is 12.5. The highest BCUT2D eigenvalue weighted by Gasteiger charge is 2.02. The summed E-state index contributed by atoms with van der Waals surface area (Å²) in [6, 6.07) is 5.73. The molecule has 0 fully saturated rings. The summed E-state index contributed by atoms with van der Waals surface area (Å²) in [4.78, 5) is 15.8. The number of unbranched alkanes of at least 4 members (excludes halogenated alkanes) is 5. The van der Waals surface area contributed by atoms with Crippen LogP contribution in [0.25, 0.3) is 0 Å². The van der Waals surface area contributed by atoms with Crippen molar-refractivity contribution in [3.05, 3.63) is 24.4 Å². The van der Waals surface area contributed by atoms with Crippen LogP contribution < -0.4 is 5.32 Å². The molecule has 0 saturated carbocycles. The molecule has 1 amide bonds. The topological polar surface area (TPSA) is 42.0 Å². The van der Waals surface area contributed by atoms with Crippen molar-refractivity contribution in [2.24, 2.45) is 0 Å². The molecule has 0 saturated heterocycles. The molecule has 0 unspecified atom stereocenters. The van der Waals surface area contributed by atoms with Gasteiger partial charge < -0.3 is 5.32 Å². The summed E-state index contributed by atoms with van der Waals surface area (Å²) in [6.07, 6.45) is 9.26. The minimum Gasteiger partial charge on any atom is -0.355 e. The van der Waals surface area contributed by atoms with Crippen LogP contribution in [0, 0.1) is 0 Å². The lowest BCUT2D eigenvalue weighted by atomic mass is 10.1. The number of nitrogens with one attached hydrogen (secondary N) is 1. The highest BCUT2D eigenvalue weighted by atomic mass is 32.2. The second-order valence-electron chi connectivity index (χ2n) is 4.57. The molecule has 0 spiro atoms. The summed E-state index contributed by atoms with van der Waals surface area (Å²) >= 11 is 1.48. The van der Waals surface area contributed by atoms with Crippen molar-refractivity contribution < 1.29 is 4.79 Å². The van der Waals surface area contributed by atoms with Gasteiger partial charge in [-0.15, -0.1) is 0 Å². The van der Waals surface area contributed by atoms with Crippen LogP contribution in [0.5, 0.6) is 0 Å². The maximum Gasteiger partial charge on any atom is 0.230 e. The lowest BCUT2D eigenvalue weighted by molar-refractivity contribution is -0.118. The molecule has 1 aromatic heterocycles. The first-order chi connectivity index (χ1) is 9.33. The smallest absolute Gasteiger partial charge is 0.230 e. The van der Waals surface area contributed by atoms with Crippen molar-refractivity contribution >= 4 is 17.7 Å². The van der Waals surface area contributed by atoms with Gasteiger partial charge >= 0.3 is 0 Å². The normalized spacial score (nSPS) is 10.4. The predicted molar refractivity (Wildman–Crippen MR) is 81.3 cm³/mol. The van der Waals surface area contributed by atoms with Gasteiger partial charge in [0.25, 0.3) is 0 Å². The van der Waals surface area contributed by atoms with Crippen LogP contribution in [0.15, 0.2) is 29.4 Å². The Kier molecular flexibility index (Phi) is 9.15. The molecule has 19 heavy (non-hydrogen) atoms. The Morgan fingerprint density at radius 3 is 2.74 bits per heavy atom. The number of thioether (sulfide) groups is 1. The third-order valence-electron chi connectivity index (χ3n) is 2.84. The van der Waals surface area contributed by atoms with Crippen LogP contribution in [0.2, 0.25) is 0 Å². The number of aromatic nitrogens is 1. The fourth-order valence-electron chi connectivity index (χ4n) is 1.76. The van der Waals surface area contributed by atoms with Crippen LogP contribution in [-0.4, -0.2) is 23.2 Å². The molecule has 0 bridgehead atoms. The number of rotatable bonds is 10. The monoisotopic (exact) mass is 280 g/mol. The van der Waals surface area contributed by atoms with Gasteiger partial charge in [-0.3, -0.25) is 4.79 Å². The maximum absolute atomic E-state index is 11.6. The van der Waals surface area contributed by atoms with Crippen LogP contribution in [-0.2, 0) is 4.79 Å². The molecule has 0 aliphatic rings. The zero-order valence-electron chi connectivity index (χ0n) is 11.7. The van der Waals surface area contributed by atoms with E-state index in [9.17, 15) is 4.79 Å². The Bertz CT molecular complexity index is 343. The van der Waals surface area contributed by atoms with Crippen molar-refractivity contribution in [1.82, 2.24) is 10.3 Å². The molecule has 3 nitrogen and oxygen atoms in total. The standard InChI is InChI=1S/C15H24N2OS/c1-2-3-4-5-6-8-11-16-14(18)13-19-15-10-7-9-12-17-15/h7,9-10,12H,2-6,8,11,13H2,1H3,(H,16,18). The summed E-state index contributed by atoms with van der Waals surface area (Å²) < 4.78 is 0. The van der Waals surface area contributed by atoms with Gasteiger partial charge in [0, 0.05) is 12.7 Å². The molecule has 0 radical (unpaired) electrons. The second-order valence-corrected chi connectivity index (χ2v) is 5.57. The predicted octanol–water partition coefficient (Wildman–Crippen LogP) is 3.65. The molecule has 0 aromatic carbocycles. The van der Waals surface area contributed by atoms with Gasteiger partial charge in [-0.25, -0.2) is 4.98 Å². The Labute approximate surface area is 120 Å². The lowest BCUT2D eigenvalue weighted by Gasteiger charge is -2.05. The van der Waals surface area contributed by atoms with Gasteiger partial charge in [-0.05, 0) is 18.6 Å². The number of carbonyl (C=O) groups excluding carboxylic acids is 1. The number of amides is 1. The van der Waals surface area contributed by atoms with Crippen molar-refractivity contribution in [3.8, 4) is 0 Å². The third kappa shape index (κ3) is 8.65. The van der Waals surface area contributed by atoms with E-state index in [0.717, 1.165) is 18.0 Å². The second kappa shape index (κ2) is 10.9. The molecular weight excluding hydrogens is 256 g/mol. The van der Waals surface area contributed by atoms with Crippen LogP contribution in [0.1, 0.15) is 45.4 Å². The zero-order chi connectivity index (χ0) is 13.8. The molecule has 0 aliphatic heterocycles. The SMILES string of the molecule is CCCCCCCCNC(=O)CSc1ccccn1. The highest BCUT2D eigenvalue weighted by Crippen LogP contribution is 2.13. The van der Waals surface area contributed by atoms with E-state index in [1.165, 1.54) is 43.9 Å². The van der Waals surface area contributed by atoms with Gasteiger partial charge in [0.05, 0.1) is 10.8 Å². The number of hydrogen-bond acceptors (Lipinski definition) is 3. The Morgan fingerprint density at radius 1 is 1.21 bits per heavy atom. The van der Waals surface area contributed by atoms with Gasteiger partial charge in [0.15, 0.2) is 0 Å². The fraction of sp³-hybridized carbons (Fsp3) is 0.600. The first kappa shape index (κ1) is 16.0. The lowest BCUT2D eigenvalue weighted by Crippen LogP contribution is -2.26. The summed E-state index contributed by atoms with van der Waals surface area (Å²) in [5, 5.41) is 3.86. The Balaban J connectivity index is 1.96. The van der Waals surface area contributed by atoms with E-state index in [2.05, 4.69) is 17.2 Å². The van der Waals surface area contributed by atoms with Crippen LogP contribution in [0.4, 0.5) is 0 Å². The molecule has 1 aromatic rings. The molecule has 1 rings (SSSR count). The van der Waals surface area contributed by atoms with Gasteiger partial charge in [0.2, 0.25) is 5.91 Å². The van der Waals surface area contributed by atoms with Crippen molar-refractivity contribution in [3.63, 3.8) is 0 Å². The van der Waals surface area contributed by atoms with E-state index >= 15 is 0 Å². The highest BCUT2D eigenvalue weighted by molar-refractivity contribution is 7.99.